The van der Waals surface area contributed by atoms with E-state index in [-0.39, 0.29) is 26.1 Å². The quantitative estimate of drug-likeness (QED) is 0.372. The molecule has 0 saturated carbocycles. The molecule has 0 atom stereocenters. The number of hydrogen-bond donors (Lipinski definition) is 0. The van der Waals surface area contributed by atoms with Crippen LogP contribution < -0.4 is 0 Å². The average molecular weight is 230 g/mol. The molecule has 0 rings (SSSR count). The van der Waals surface area contributed by atoms with E-state index < -0.39 is 17.4 Å². The van der Waals surface area contributed by atoms with Crippen LogP contribution in [0.2, 0.25) is 0 Å². The van der Waals surface area contributed by atoms with Crippen LogP contribution in [0.15, 0.2) is 0 Å². The van der Waals surface area contributed by atoms with Crippen LogP contribution in [0, 0.1) is 5.41 Å². The molecule has 0 N–H and O–H groups in total. The molecule has 0 aromatic heterocycles. The summed E-state index contributed by atoms with van der Waals surface area (Å²) in [5.74, 6) is -1.38. The van der Waals surface area contributed by atoms with Crippen molar-refractivity contribution >= 4 is 18.2 Å². The van der Waals surface area contributed by atoms with Gasteiger partial charge in [-0.05, 0) is 20.3 Å². The second kappa shape index (κ2) is 6.98. The molecule has 0 spiro atoms. The Balaban J connectivity index is 5.04. The van der Waals surface area contributed by atoms with Gasteiger partial charge in [0.05, 0.1) is 13.2 Å². The third kappa shape index (κ3) is 3.05. The summed E-state index contributed by atoms with van der Waals surface area (Å²) in [6.45, 7) is 5.27. The Kier molecular flexibility index (Phi) is 6.37. The van der Waals surface area contributed by atoms with Crippen LogP contribution in [0.1, 0.15) is 33.6 Å². The molecule has 5 heteroatoms. The van der Waals surface area contributed by atoms with Crippen LogP contribution >= 0.6 is 0 Å². The maximum absolute atomic E-state index is 11.7. The van der Waals surface area contributed by atoms with Gasteiger partial charge in [-0.3, -0.25) is 9.59 Å². The third-order valence-corrected chi connectivity index (χ3v) is 2.37. The first-order valence-corrected chi connectivity index (χ1v) is 5.37. The predicted molar refractivity (Wildman–Crippen MR) is 56.7 cm³/mol. The largest absolute Gasteiger partial charge is 0.465 e. The number of ether oxygens (including phenoxy) is 2. The molecule has 0 aromatic carbocycles. The molecule has 92 valence electrons. The van der Waals surface area contributed by atoms with Gasteiger partial charge in [0.2, 0.25) is 0 Å². The number of esters is 2. The van der Waals surface area contributed by atoms with Crippen LogP contribution in [0.25, 0.3) is 0 Å². The first kappa shape index (κ1) is 14.6. The SMILES string of the molecule is CCOC(=O)C(CC)(CC=O)C(=O)OCC. The molecule has 0 fully saturated rings. The summed E-state index contributed by atoms with van der Waals surface area (Å²) in [7, 11) is 0. The molecule has 0 unspecified atom stereocenters. The van der Waals surface area contributed by atoms with E-state index in [1.54, 1.807) is 20.8 Å². The van der Waals surface area contributed by atoms with E-state index in [1.165, 1.54) is 0 Å². The van der Waals surface area contributed by atoms with Crippen molar-refractivity contribution in [2.24, 2.45) is 5.41 Å². The fourth-order valence-electron chi connectivity index (χ4n) is 1.36. The minimum atomic E-state index is -1.48. The first-order chi connectivity index (χ1) is 7.58. The van der Waals surface area contributed by atoms with Gasteiger partial charge in [0.25, 0.3) is 0 Å². The minimum absolute atomic E-state index is 0.166. The highest BCUT2D eigenvalue weighted by Gasteiger charge is 2.47. The second-order valence-electron chi connectivity index (χ2n) is 3.25. The highest BCUT2D eigenvalue weighted by atomic mass is 16.6. The Morgan fingerprint density at radius 3 is 1.75 bits per heavy atom. The van der Waals surface area contributed by atoms with Crippen LogP contribution in [-0.4, -0.2) is 31.4 Å². The highest BCUT2D eigenvalue weighted by Crippen LogP contribution is 2.29. The Morgan fingerprint density at radius 2 is 1.50 bits per heavy atom. The van der Waals surface area contributed by atoms with Crippen molar-refractivity contribution in [3.8, 4) is 0 Å². The van der Waals surface area contributed by atoms with Crippen LogP contribution in [-0.2, 0) is 23.9 Å². The van der Waals surface area contributed by atoms with Gasteiger partial charge in [0.15, 0.2) is 5.41 Å². The molecule has 5 nitrogen and oxygen atoms in total. The van der Waals surface area contributed by atoms with Crippen molar-refractivity contribution in [2.45, 2.75) is 33.6 Å². The van der Waals surface area contributed by atoms with E-state index in [9.17, 15) is 14.4 Å². The Bertz CT molecular complexity index is 241. The molecule has 0 saturated heterocycles. The lowest BCUT2D eigenvalue weighted by atomic mass is 9.82. The highest BCUT2D eigenvalue weighted by molar-refractivity contribution is 6.01. The van der Waals surface area contributed by atoms with Crippen molar-refractivity contribution in [3.05, 3.63) is 0 Å². The van der Waals surface area contributed by atoms with Gasteiger partial charge in [-0.1, -0.05) is 6.92 Å². The summed E-state index contributed by atoms with van der Waals surface area (Å²) < 4.78 is 9.64. The summed E-state index contributed by atoms with van der Waals surface area (Å²) in [4.78, 5) is 34.0. The molecular formula is C11H18O5. The minimum Gasteiger partial charge on any atom is -0.465 e. The number of rotatable bonds is 7. The van der Waals surface area contributed by atoms with Crippen LogP contribution in [0.4, 0.5) is 0 Å². The third-order valence-electron chi connectivity index (χ3n) is 2.37. The lowest BCUT2D eigenvalue weighted by Crippen LogP contribution is -2.42. The summed E-state index contributed by atoms with van der Waals surface area (Å²) >= 11 is 0. The monoisotopic (exact) mass is 230 g/mol. The van der Waals surface area contributed by atoms with E-state index in [0.29, 0.717) is 6.29 Å². The van der Waals surface area contributed by atoms with Crippen molar-refractivity contribution < 1.29 is 23.9 Å². The summed E-state index contributed by atoms with van der Waals surface area (Å²) in [6, 6.07) is 0. The van der Waals surface area contributed by atoms with E-state index in [2.05, 4.69) is 0 Å². The fraction of sp³-hybridized carbons (Fsp3) is 0.727. The Hall–Kier alpha value is -1.39. The lowest BCUT2D eigenvalue weighted by Gasteiger charge is -2.25. The molecule has 0 bridgehead atoms. The number of carbonyl (C=O) groups is 3. The van der Waals surface area contributed by atoms with Gasteiger partial charge in [-0.25, -0.2) is 0 Å². The van der Waals surface area contributed by atoms with Gasteiger partial charge < -0.3 is 14.3 Å². The Labute approximate surface area is 95.1 Å². The summed E-state index contributed by atoms with van der Waals surface area (Å²) in [6.07, 6.45) is 0.516. The molecule has 0 amide bonds. The molecule has 0 heterocycles. The Morgan fingerprint density at radius 1 is 1.06 bits per heavy atom. The van der Waals surface area contributed by atoms with Gasteiger partial charge in [-0.2, -0.15) is 0 Å². The predicted octanol–water partition coefficient (Wildman–Crippen LogP) is 1.10. The van der Waals surface area contributed by atoms with Crippen molar-refractivity contribution in [2.75, 3.05) is 13.2 Å². The maximum atomic E-state index is 11.7. The molecule has 0 aliphatic heterocycles. The average Bonchev–Trinajstić information content (AvgIpc) is 2.26. The zero-order valence-electron chi connectivity index (χ0n) is 9.95. The van der Waals surface area contributed by atoms with E-state index in [0.717, 1.165) is 0 Å². The van der Waals surface area contributed by atoms with Crippen molar-refractivity contribution in [3.63, 3.8) is 0 Å². The topological polar surface area (TPSA) is 69.7 Å². The van der Waals surface area contributed by atoms with Crippen molar-refractivity contribution in [1.82, 2.24) is 0 Å². The van der Waals surface area contributed by atoms with Gasteiger partial charge in [-0.15, -0.1) is 0 Å². The molecule has 0 aliphatic rings. The smallest absolute Gasteiger partial charge is 0.323 e. The lowest BCUT2D eigenvalue weighted by molar-refractivity contribution is -0.173. The fourth-order valence-corrected chi connectivity index (χ4v) is 1.36. The van der Waals surface area contributed by atoms with Gasteiger partial charge >= 0.3 is 11.9 Å². The van der Waals surface area contributed by atoms with Gasteiger partial charge in [0, 0.05) is 6.42 Å². The second-order valence-corrected chi connectivity index (χ2v) is 3.25. The van der Waals surface area contributed by atoms with E-state index in [1.807, 2.05) is 0 Å². The van der Waals surface area contributed by atoms with E-state index in [4.69, 9.17) is 9.47 Å². The van der Waals surface area contributed by atoms with Gasteiger partial charge in [0.1, 0.15) is 6.29 Å². The molecule has 0 radical (unpaired) electrons. The molecule has 16 heavy (non-hydrogen) atoms. The maximum Gasteiger partial charge on any atom is 0.323 e. The molecule has 0 aliphatic carbocycles. The zero-order chi connectivity index (χ0) is 12.6. The first-order valence-electron chi connectivity index (χ1n) is 5.37. The van der Waals surface area contributed by atoms with Crippen LogP contribution in [0.3, 0.4) is 0 Å². The summed E-state index contributed by atoms with van der Waals surface area (Å²) in [5.41, 5.74) is -1.48. The number of aldehydes is 1. The van der Waals surface area contributed by atoms with Crippen LogP contribution in [0.5, 0.6) is 0 Å². The molecule has 0 aromatic rings. The summed E-state index contributed by atoms with van der Waals surface area (Å²) in [5, 5.41) is 0. The normalized spacial score (nSPS) is 10.7. The molecular weight excluding hydrogens is 212 g/mol. The number of hydrogen-bond acceptors (Lipinski definition) is 5. The van der Waals surface area contributed by atoms with Crippen molar-refractivity contribution in [1.29, 1.82) is 0 Å². The van der Waals surface area contributed by atoms with E-state index >= 15 is 0 Å². The zero-order valence-corrected chi connectivity index (χ0v) is 9.95. The number of carbonyl (C=O) groups excluding carboxylic acids is 3. The standard InChI is InChI=1S/C11H18O5/c1-4-11(7-8-12,9(13)15-5-2)10(14)16-6-3/h8H,4-7H2,1-3H3.